The number of nitrogens with one attached hydrogen (secondary N) is 1. The molecule has 10 heteroatoms. The summed E-state index contributed by atoms with van der Waals surface area (Å²) in [7, 11) is -2.17. The summed E-state index contributed by atoms with van der Waals surface area (Å²) in [6.45, 7) is 1.85. The van der Waals surface area contributed by atoms with E-state index in [1.54, 1.807) is 0 Å². The van der Waals surface area contributed by atoms with Gasteiger partial charge < -0.3 is 24.9 Å². The average molecular weight is 336 g/mol. The number of aliphatic hydroxyl groups excluding tert-OH is 1. The monoisotopic (exact) mass is 336 g/mol. The number of rotatable bonds is 7. The first-order valence-corrected chi connectivity index (χ1v) is 8.59. The molecule has 1 saturated heterocycles. The first-order chi connectivity index (χ1) is 9.84. The van der Waals surface area contributed by atoms with Crippen molar-refractivity contribution in [1.29, 1.82) is 0 Å². The smallest absolute Gasteiger partial charge is 0.353 e. The van der Waals surface area contributed by atoms with E-state index in [0.29, 0.717) is 23.6 Å². The SMILES string of the molecule is C[C@@H](O)[C@H]1C(=O)N2C(C(=O)O)=C(SCCNP(O)O)C[C@H]12. The summed E-state index contributed by atoms with van der Waals surface area (Å²) in [4.78, 5) is 42.6. The van der Waals surface area contributed by atoms with Gasteiger partial charge in [0.15, 0.2) is 0 Å². The van der Waals surface area contributed by atoms with Gasteiger partial charge >= 0.3 is 5.97 Å². The van der Waals surface area contributed by atoms with Crippen LogP contribution in [0, 0.1) is 5.92 Å². The van der Waals surface area contributed by atoms with Crippen molar-refractivity contribution in [3.63, 3.8) is 0 Å². The molecule has 0 aliphatic carbocycles. The zero-order valence-corrected chi connectivity index (χ0v) is 13.0. The molecule has 0 spiro atoms. The topological polar surface area (TPSA) is 130 Å². The van der Waals surface area contributed by atoms with Crippen molar-refractivity contribution >= 4 is 32.2 Å². The Kier molecular flexibility index (Phi) is 5.24. The largest absolute Gasteiger partial charge is 0.477 e. The summed E-state index contributed by atoms with van der Waals surface area (Å²) in [6.07, 6.45) is -0.382. The van der Waals surface area contributed by atoms with E-state index in [1.807, 2.05) is 0 Å². The highest BCUT2D eigenvalue weighted by atomic mass is 32.2. The van der Waals surface area contributed by atoms with E-state index in [9.17, 15) is 19.8 Å². The van der Waals surface area contributed by atoms with Gasteiger partial charge in [-0.05, 0) is 6.92 Å². The number of carboxylic acids is 1. The third-order valence-electron chi connectivity index (χ3n) is 3.52. The normalized spacial score (nSPS) is 26.1. The number of thioether (sulfide) groups is 1. The van der Waals surface area contributed by atoms with E-state index < -0.39 is 26.5 Å². The van der Waals surface area contributed by atoms with Crippen LogP contribution >= 0.6 is 20.3 Å². The number of β-lactam (4-membered cyclic amide) rings is 1. The number of aliphatic hydroxyl groups is 1. The molecule has 3 atom stereocenters. The number of aliphatic carboxylic acids is 1. The van der Waals surface area contributed by atoms with Crippen molar-refractivity contribution in [3.05, 3.63) is 10.6 Å². The number of fused-ring (bicyclic) bond motifs is 1. The van der Waals surface area contributed by atoms with Crippen LogP contribution in [0.5, 0.6) is 0 Å². The number of nitrogens with zero attached hydrogens (tertiary/aromatic N) is 1. The minimum Gasteiger partial charge on any atom is -0.477 e. The van der Waals surface area contributed by atoms with Crippen LogP contribution in [-0.4, -0.2) is 61.2 Å². The third kappa shape index (κ3) is 3.23. The van der Waals surface area contributed by atoms with Gasteiger partial charge in [0, 0.05) is 23.6 Å². The minimum atomic E-state index is -2.17. The summed E-state index contributed by atoms with van der Waals surface area (Å²) in [5, 5.41) is 21.3. The lowest BCUT2D eigenvalue weighted by Gasteiger charge is -2.44. The van der Waals surface area contributed by atoms with E-state index in [-0.39, 0.29) is 17.6 Å². The van der Waals surface area contributed by atoms with E-state index >= 15 is 0 Å². The lowest BCUT2D eigenvalue weighted by Crippen LogP contribution is -2.61. The first-order valence-electron chi connectivity index (χ1n) is 6.36. The van der Waals surface area contributed by atoms with Crippen molar-refractivity contribution in [2.45, 2.75) is 25.5 Å². The van der Waals surface area contributed by atoms with Crippen molar-refractivity contribution in [2.24, 2.45) is 5.92 Å². The first kappa shape index (κ1) is 16.7. The molecule has 2 aliphatic rings. The standard InChI is InChI=1S/C11H17N2O6PS/c1-5(14)8-6-4-7(21-3-2-12-20(18)19)9(11(16)17)13(6)10(8)15/h5-6,8,12,14,18-19H,2-4H2,1H3,(H,16,17)/t5-,6-,8-/m1/s1. The molecule has 0 bridgehead atoms. The number of hydrogen-bond donors (Lipinski definition) is 5. The van der Waals surface area contributed by atoms with Crippen LogP contribution < -0.4 is 5.09 Å². The molecule has 0 aromatic rings. The van der Waals surface area contributed by atoms with Gasteiger partial charge in [-0.3, -0.25) is 4.79 Å². The van der Waals surface area contributed by atoms with Crippen LogP contribution in [0.1, 0.15) is 13.3 Å². The highest BCUT2D eigenvalue weighted by Gasteiger charge is 2.56. The second-order valence-electron chi connectivity index (χ2n) is 4.87. The Labute approximate surface area is 126 Å². The van der Waals surface area contributed by atoms with E-state index in [0.717, 1.165) is 0 Å². The van der Waals surface area contributed by atoms with Gasteiger partial charge in [-0.2, -0.15) is 0 Å². The molecule has 0 unspecified atom stereocenters. The Morgan fingerprint density at radius 3 is 2.76 bits per heavy atom. The molecule has 2 aliphatic heterocycles. The Balaban J connectivity index is 2.03. The predicted octanol–water partition coefficient (Wildman–Crippen LogP) is -0.572. The molecule has 21 heavy (non-hydrogen) atoms. The molecule has 2 heterocycles. The van der Waals surface area contributed by atoms with Gasteiger partial charge in [0.05, 0.1) is 18.1 Å². The molecule has 118 valence electrons. The Morgan fingerprint density at radius 2 is 2.24 bits per heavy atom. The van der Waals surface area contributed by atoms with Crippen molar-refractivity contribution < 1.29 is 29.6 Å². The Bertz CT molecular complexity index is 483. The molecule has 0 saturated carbocycles. The third-order valence-corrected chi connectivity index (χ3v) is 5.15. The minimum absolute atomic E-state index is 0.0119. The molecule has 2 rings (SSSR count). The fourth-order valence-electron chi connectivity index (χ4n) is 2.68. The van der Waals surface area contributed by atoms with Crippen LogP contribution in [0.4, 0.5) is 0 Å². The van der Waals surface area contributed by atoms with Crippen LogP contribution in [0.2, 0.25) is 0 Å². The van der Waals surface area contributed by atoms with Gasteiger partial charge in [-0.1, -0.05) is 0 Å². The van der Waals surface area contributed by atoms with Crippen LogP contribution in [0.15, 0.2) is 10.6 Å². The molecule has 1 fully saturated rings. The maximum Gasteiger partial charge on any atom is 0.353 e. The highest BCUT2D eigenvalue weighted by Crippen LogP contribution is 2.46. The van der Waals surface area contributed by atoms with Gasteiger partial charge in [0.1, 0.15) is 5.70 Å². The summed E-state index contributed by atoms with van der Waals surface area (Å²) in [6, 6.07) is -0.285. The molecule has 0 radical (unpaired) electrons. The predicted molar refractivity (Wildman–Crippen MR) is 76.9 cm³/mol. The maximum atomic E-state index is 11.9. The molecule has 8 nitrogen and oxygen atoms in total. The van der Waals surface area contributed by atoms with Gasteiger partial charge in [-0.15, -0.1) is 11.8 Å². The highest BCUT2D eigenvalue weighted by molar-refractivity contribution is 8.03. The summed E-state index contributed by atoms with van der Waals surface area (Å²) in [5.74, 6) is -1.59. The van der Waals surface area contributed by atoms with Crippen LogP contribution in [0.3, 0.4) is 0 Å². The molecule has 0 aromatic carbocycles. The maximum absolute atomic E-state index is 11.9. The molecule has 0 aromatic heterocycles. The van der Waals surface area contributed by atoms with Crippen molar-refractivity contribution in [3.8, 4) is 0 Å². The van der Waals surface area contributed by atoms with Gasteiger partial charge in [0.25, 0.3) is 0 Å². The average Bonchev–Trinajstić information content (AvgIpc) is 2.68. The number of carbonyl (C=O) groups excluding carboxylic acids is 1. The van der Waals surface area contributed by atoms with Crippen molar-refractivity contribution in [1.82, 2.24) is 9.99 Å². The Hall–Kier alpha value is -0.700. The fraction of sp³-hybridized carbons (Fsp3) is 0.636. The second-order valence-corrected chi connectivity index (χ2v) is 6.95. The number of carboxylic acid groups (broad SMARTS) is 1. The van der Waals surface area contributed by atoms with Crippen LogP contribution in [0.25, 0.3) is 0 Å². The number of carbonyl (C=O) groups is 2. The quantitative estimate of drug-likeness (QED) is 0.237. The number of hydrogen-bond acceptors (Lipinski definition) is 7. The lowest BCUT2D eigenvalue weighted by atomic mass is 9.83. The molecule has 1 amide bonds. The van der Waals surface area contributed by atoms with E-state index in [1.165, 1.54) is 23.6 Å². The van der Waals surface area contributed by atoms with Crippen LogP contribution in [-0.2, 0) is 9.59 Å². The molecular weight excluding hydrogens is 319 g/mol. The molecule has 5 N–H and O–H groups in total. The van der Waals surface area contributed by atoms with Gasteiger partial charge in [0.2, 0.25) is 14.4 Å². The molecular formula is C11H17N2O6PS. The summed E-state index contributed by atoms with van der Waals surface area (Å²) < 4.78 is 0. The zero-order valence-electron chi connectivity index (χ0n) is 11.3. The van der Waals surface area contributed by atoms with E-state index in [4.69, 9.17) is 9.79 Å². The number of amides is 1. The summed E-state index contributed by atoms with van der Waals surface area (Å²) >= 11 is 1.27. The summed E-state index contributed by atoms with van der Waals surface area (Å²) in [5.41, 5.74) is -0.0119. The van der Waals surface area contributed by atoms with Crippen molar-refractivity contribution in [2.75, 3.05) is 12.3 Å². The Morgan fingerprint density at radius 1 is 1.57 bits per heavy atom. The lowest BCUT2D eigenvalue weighted by molar-refractivity contribution is -0.161. The van der Waals surface area contributed by atoms with Gasteiger partial charge in [-0.25, -0.2) is 9.88 Å². The van der Waals surface area contributed by atoms with E-state index in [2.05, 4.69) is 5.09 Å². The fourth-order valence-corrected chi connectivity index (χ4v) is 4.20. The second kappa shape index (κ2) is 6.60. The zero-order chi connectivity index (χ0) is 15.7.